The number of hydrogen-bond acceptors (Lipinski definition) is 9. The van der Waals surface area contributed by atoms with E-state index in [4.69, 9.17) is 33.2 Å². The zero-order valence-electron chi connectivity index (χ0n) is 21.6. The van der Waals surface area contributed by atoms with Crippen LogP contribution in [0.4, 0.5) is 0 Å². The van der Waals surface area contributed by atoms with E-state index in [1.165, 1.54) is 0 Å². The Morgan fingerprint density at radius 3 is 2.06 bits per heavy atom. The van der Waals surface area contributed by atoms with Crippen molar-refractivity contribution in [1.82, 2.24) is 0 Å². The summed E-state index contributed by atoms with van der Waals surface area (Å²) in [6.07, 6.45) is -0.0129. The molecule has 0 saturated carbocycles. The maximum atomic E-state index is 12.6. The Morgan fingerprint density at radius 1 is 0.970 bits per heavy atom. The minimum Gasteiger partial charge on any atom is -0.459 e. The van der Waals surface area contributed by atoms with E-state index in [0.717, 1.165) is 0 Å². The van der Waals surface area contributed by atoms with Gasteiger partial charge < -0.3 is 33.2 Å². The lowest BCUT2D eigenvalue weighted by atomic mass is 10.0. The molecule has 9 nitrogen and oxygen atoms in total. The van der Waals surface area contributed by atoms with Crippen molar-refractivity contribution in [2.24, 2.45) is 5.92 Å². The SMILES string of the molecule is CO[C@@H]1OC[C@H]2OC(C)(C)O[C@H]2[C@@H]1OCCCCC(C(=O)OC(C)(C)C)C(=O)OC(C)(C)C. The molecule has 2 aliphatic rings. The van der Waals surface area contributed by atoms with Crippen molar-refractivity contribution >= 4 is 11.9 Å². The molecular formula is C24H42O9. The van der Waals surface area contributed by atoms with Crippen LogP contribution in [0.2, 0.25) is 0 Å². The average molecular weight is 475 g/mol. The topological polar surface area (TPSA) is 98.8 Å². The standard InChI is InChI=1S/C24H42O9/c1-22(2,3)32-19(25)15(20(26)33-23(4,5)6)12-10-11-13-28-18-17-16(14-29-21(18)27-9)30-24(7,8)31-17/h15-18,21H,10-14H2,1-9H3/t16-,17-,18+,21-/m1/s1. The summed E-state index contributed by atoms with van der Waals surface area (Å²) in [6, 6.07) is 0. The van der Waals surface area contributed by atoms with Crippen LogP contribution in [0.25, 0.3) is 0 Å². The normalized spacial score (nSPS) is 27.3. The number of fused-ring (bicyclic) bond motifs is 1. The molecule has 2 aliphatic heterocycles. The Hall–Kier alpha value is -1.26. The maximum Gasteiger partial charge on any atom is 0.320 e. The van der Waals surface area contributed by atoms with Crippen LogP contribution in [0.3, 0.4) is 0 Å². The molecule has 192 valence electrons. The number of rotatable bonds is 9. The minimum absolute atomic E-state index is 0.222. The Morgan fingerprint density at radius 2 is 1.55 bits per heavy atom. The van der Waals surface area contributed by atoms with E-state index in [0.29, 0.717) is 32.5 Å². The molecule has 4 atom stereocenters. The van der Waals surface area contributed by atoms with Gasteiger partial charge in [0, 0.05) is 13.7 Å². The van der Waals surface area contributed by atoms with Crippen molar-refractivity contribution in [2.45, 2.75) is 116 Å². The summed E-state index contributed by atoms with van der Waals surface area (Å²) in [7, 11) is 1.56. The zero-order valence-corrected chi connectivity index (χ0v) is 21.6. The van der Waals surface area contributed by atoms with Gasteiger partial charge in [-0.25, -0.2) is 0 Å². The summed E-state index contributed by atoms with van der Waals surface area (Å²) in [5.41, 5.74) is -1.38. The van der Waals surface area contributed by atoms with Gasteiger partial charge in [-0.1, -0.05) is 0 Å². The highest BCUT2D eigenvalue weighted by Gasteiger charge is 2.51. The molecule has 9 heteroatoms. The highest BCUT2D eigenvalue weighted by molar-refractivity contribution is 5.95. The van der Waals surface area contributed by atoms with Crippen molar-refractivity contribution in [2.75, 3.05) is 20.3 Å². The third-order valence-electron chi connectivity index (χ3n) is 5.05. The van der Waals surface area contributed by atoms with E-state index < -0.39 is 47.2 Å². The smallest absolute Gasteiger partial charge is 0.320 e. The molecule has 0 aromatic rings. The monoisotopic (exact) mass is 474 g/mol. The molecular weight excluding hydrogens is 432 g/mol. The lowest BCUT2D eigenvalue weighted by molar-refractivity contribution is -0.255. The van der Waals surface area contributed by atoms with E-state index in [-0.39, 0.29) is 12.2 Å². The first-order valence-corrected chi connectivity index (χ1v) is 11.7. The Labute approximate surface area is 197 Å². The summed E-state index contributed by atoms with van der Waals surface area (Å²) >= 11 is 0. The highest BCUT2D eigenvalue weighted by atomic mass is 16.8. The van der Waals surface area contributed by atoms with Gasteiger partial charge in [0.1, 0.15) is 29.5 Å². The van der Waals surface area contributed by atoms with Gasteiger partial charge in [0.15, 0.2) is 18.0 Å². The Bertz CT molecular complexity index is 634. The molecule has 0 amide bonds. The van der Waals surface area contributed by atoms with Crippen LogP contribution in [0.15, 0.2) is 0 Å². The quantitative estimate of drug-likeness (QED) is 0.283. The first kappa shape index (κ1) is 28.0. The number of hydrogen-bond donors (Lipinski definition) is 0. The molecule has 0 unspecified atom stereocenters. The largest absolute Gasteiger partial charge is 0.459 e. The van der Waals surface area contributed by atoms with Gasteiger partial charge in [-0.2, -0.15) is 0 Å². The molecule has 0 spiro atoms. The summed E-state index contributed by atoms with van der Waals surface area (Å²) < 4.78 is 40.0. The number of methoxy groups -OCH3 is 1. The predicted octanol–water partition coefficient (Wildman–Crippen LogP) is 3.36. The van der Waals surface area contributed by atoms with Gasteiger partial charge >= 0.3 is 11.9 Å². The van der Waals surface area contributed by atoms with Crippen molar-refractivity contribution in [3.63, 3.8) is 0 Å². The van der Waals surface area contributed by atoms with Crippen molar-refractivity contribution in [3.05, 3.63) is 0 Å². The van der Waals surface area contributed by atoms with Crippen LogP contribution in [-0.2, 0) is 42.7 Å². The Kier molecular flexibility index (Phi) is 9.32. The molecule has 2 rings (SSSR count). The number of carbonyl (C=O) groups is 2. The number of carbonyl (C=O) groups excluding carboxylic acids is 2. The van der Waals surface area contributed by atoms with Crippen LogP contribution < -0.4 is 0 Å². The predicted molar refractivity (Wildman–Crippen MR) is 119 cm³/mol. The van der Waals surface area contributed by atoms with Crippen molar-refractivity contribution < 1.29 is 42.7 Å². The molecule has 2 heterocycles. The third kappa shape index (κ3) is 8.79. The lowest BCUT2D eigenvalue weighted by Crippen LogP contribution is -2.53. The second-order valence-electron chi connectivity index (χ2n) is 11.0. The minimum atomic E-state index is -0.982. The second kappa shape index (κ2) is 11.0. The molecule has 0 bridgehead atoms. The molecule has 0 aromatic carbocycles. The van der Waals surface area contributed by atoms with E-state index in [1.807, 2.05) is 13.8 Å². The molecule has 2 fully saturated rings. The van der Waals surface area contributed by atoms with Gasteiger partial charge in [0.2, 0.25) is 0 Å². The first-order chi connectivity index (χ1) is 15.1. The number of unbranched alkanes of at least 4 members (excludes halogenated alkanes) is 1. The average Bonchev–Trinajstić information content (AvgIpc) is 2.95. The van der Waals surface area contributed by atoms with Crippen molar-refractivity contribution in [1.29, 1.82) is 0 Å². The number of esters is 2. The molecule has 2 saturated heterocycles. The zero-order chi connectivity index (χ0) is 25.0. The maximum absolute atomic E-state index is 12.6. The van der Waals surface area contributed by atoms with E-state index in [9.17, 15) is 9.59 Å². The number of ether oxygens (including phenoxy) is 7. The molecule has 0 aromatic heterocycles. The fourth-order valence-electron chi connectivity index (χ4n) is 3.83. The lowest BCUT2D eigenvalue weighted by Gasteiger charge is -2.36. The van der Waals surface area contributed by atoms with E-state index >= 15 is 0 Å². The fourth-order valence-corrected chi connectivity index (χ4v) is 3.83. The van der Waals surface area contributed by atoms with Gasteiger partial charge in [0.25, 0.3) is 0 Å². The Balaban J connectivity index is 1.90. The van der Waals surface area contributed by atoms with Gasteiger partial charge in [-0.05, 0) is 74.7 Å². The summed E-state index contributed by atoms with van der Waals surface area (Å²) in [4.78, 5) is 25.3. The molecule has 0 N–H and O–H groups in total. The molecule has 0 radical (unpaired) electrons. The third-order valence-corrected chi connectivity index (χ3v) is 5.05. The van der Waals surface area contributed by atoms with Crippen LogP contribution in [-0.4, -0.2) is 73.9 Å². The fraction of sp³-hybridized carbons (Fsp3) is 0.917. The molecule has 33 heavy (non-hydrogen) atoms. The van der Waals surface area contributed by atoms with Crippen LogP contribution >= 0.6 is 0 Å². The second-order valence-corrected chi connectivity index (χ2v) is 11.0. The van der Waals surface area contributed by atoms with Crippen molar-refractivity contribution in [3.8, 4) is 0 Å². The summed E-state index contributed by atoms with van der Waals surface area (Å²) in [5, 5.41) is 0. The van der Waals surface area contributed by atoms with Crippen LogP contribution in [0, 0.1) is 5.92 Å². The highest BCUT2D eigenvalue weighted by Crippen LogP contribution is 2.36. The van der Waals surface area contributed by atoms with E-state index in [1.54, 1.807) is 48.7 Å². The van der Waals surface area contributed by atoms with E-state index in [2.05, 4.69) is 0 Å². The summed E-state index contributed by atoms with van der Waals surface area (Å²) in [6.45, 7) is 15.1. The van der Waals surface area contributed by atoms with Crippen LogP contribution in [0.5, 0.6) is 0 Å². The van der Waals surface area contributed by atoms with Gasteiger partial charge in [-0.3, -0.25) is 9.59 Å². The van der Waals surface area contributed by atoms with Crippen LogP contribution in [0.1, 0.15) is 74.7 Å². The van der Waals surface area contributed by atoms with Gasteiger partial charge in [-0.15, -0.1) is 0 Å². The summed E-state index contributed by atoms with van der Waals surface area (Å²) in [5.74, 6) is -2.83. The first-order valence-electron chi connectivity index (χ1n) is 11.7. The van der Waals surface area contributed by atoms with Gasteiger partial charge in [0.05, 0.1) is 6.61 Å². The molecule has 0 aliphatic carbocycles.